The lowest BCUT2D eigenvalue weighted by molar-refractivity contribution is 0.546. The van der Waals surface area contributed by atoms with Crippen LogP contribution in [0, 0.1) is 13.8 Å². The van der Waals surface area contributed by atoms with E-state index in [1.165, 1.54) is 0 Å². The number of hydrogen-bond donors (Lipinski definition) is 1. The quantitative estimate of drug-likeness (QED) is 0.743. The highest BCUT2D eigenvalue weighted by Gasteiger charge is 2.05. The van der Waals surface area contributed by atoms with Crippen molar-refractivity contribution in [1.29, 1.82) is 0 Å². The van der Waals surface area contributed by atoms with E-state index in [1.807, 2.05) is 19.9 Å². The first-order valence-corrected chi connectivity index (χ1v) is 4.30. The summed E-state index contributed by atoms with van der Waals surface area (Å²) in [6, 6.07) is 5.42. The van der Waals surface area contributed by atoms with E-state index in [0.717, 1.165) is 11.5 Å². The van der Waals surface area contributed by atoms with Crippen molar-refractivity contribution < 1.29 is 4.42 Å². The van der Waals surface area contributed by atoms with Gasteiger partial charge in [0.1, 0.15) is 11.5 Å². The summed E-state index contributed by atoms with van der Waals surface area (Å²) in [5.41, 5.74) is 0.988. The molecule has 0 radical (unpaired) electrons. The van der Waals surface area contributed by atoms with Crippen LogP contribution in [0.25, 0.3) is 11.5 Å². The molecule has 0 aliphatic carbocycles. The maximum Gasteiger partial charge on any atom is 0.345 e. The molecule has 0 spiro atoms. The molecule has 0 aliphatic rings. The molecule has 2 aromatic rings. The fourth-order valence-electron chi connectivity index (χ4n) is 1.28. The highest BCUT2D eigenvalue weighted by Crippen LogP contribution is 2.18. The monoisotopic (exact) mass is 190 g/mol. The predicted molar refractivity (Wildman–Crippen MR) is 52.0 cm³/mol. The smallest absolute Gasteiger partial charge is 0.345 e. The standard InChI is InChI=1S/C10H10N2O2/c1-6-5-8(12-10(13)11-6)9-4-3-7(2)14-9/h3-5H,1-2H3,(H,11,12,13). The number of H-pyrrole nitrogens is 1. The number of nitrogens with zero attached hydrogens (tertiary/aromatic N) is 1. The molecule has 14 heavy (non-hydrogen) atoms. The Kier molecular flexibility index (Phi) is 1.96. The molecule has 0 unspecified atom stereocenters. The molecule has 0 aromatic carbocycles. The van der Waals surface area contributed by atoms with E-state index in [0.29, 0.717) is 11.5 Å². The lowest BCUT2D eigenvalue weighted by Crippen LogP contribution is -2.11. The summed E-state index contributed by atoms with van der Waals surface area (Å²) in [5, 5.41) is 0. The zero-order valence-corrected chi connectivity index (χ0v) is 8.00. The zero-order valence-electron chi connectivity index (χ0n) is 8.00. The number of furan rings is 1. The molecule has 0 bridgehead atoms. The largest absolute Gasteiger partial charge is 0.460 e. The Bertz CT molecular complexity index is 511. The van der Waals surface area contributed by atoms with E-state index in [-0.39, 0.29) is 5.69 Å². The molecule has 0 aliphatic heterocycles. The van der Waals surface area contributed by atoms with Crippen molar-refractivity contribution in [2.45, 2.75) is 13.8 Å². The van der Waals surface area contributed by atoms with Crippen LogP contribution in [0.2, 0.25) is 0 Å². The predicted octanol–water partition coefficient (Wildman–Crippen LogP) is 1.65. The maximum absolute atomic E-state index is 11.1. The van der Waals surface area contributed by atoms with Gasteiger partial charge < -0.3 is 9.40 Å². The van der Waals surface area contributed by atoms with Gasteiger partial charge >= 0.3 is 5.69 Å². The summed E-state index contributed by atoms with van der Waals surface area (Å²) in [5.74, 6) is 1.43. The average molecular weight is 190 g/mol. The lowest BCUT2D eigenvalue weighted by Gasteiger charge is -1.96. The fraction of sp³-hybridized carbons (Fsp3) is 0.200. The molecule has 4 nitrogen and oxygen atoms in total. The number of aromatic amines is 1. The van der Waals surface area contributed by atoms with E-state index in [4.69, 9.17) is 4.42 Å². The van der Waals surface area contributed by atoms with Crippen molar-refractivity contribution in [1.82, 2.24) is 9.97 Å². The van der Waals surface area contributed by atoms with Crippen molar-refractivity contribution in [2.75, 3.05) is 0 Å². The fourth-order valence-corrected chi connectivity index (χ4v) is 1.28. The van der Waals surface area contributed by atoms with Gasteiger partial charge in [-0.1, -0.05) is 0 Å². The second-order valence-electron chi connectivity index (χ2n) is 3.16. The van der Waals surface area contributed by atoms with Gasteiger partial charge in [-0.15, -0.1) is 0 Å². The number of rotatable bonds is 1. The minimum absolute atomic E-state index is 0.353. The van der Waals surface area contributed by atoms with E-state index in [2.05, 4.69) is 9.97 Å². The molecule has 0 saturated heterocycles. The van der Waals surface area contributed by atoms with Crippen LogP contribution in [-0.4, -0.2) is 9.97 Å². The third kappa shape index (κ3) is 1.59. The van der Waals surface area contributed by atoms with Gasteiger partial charge in [0.2, 0.25) is 0 Å². The van der Waals surface area contributed by atoms with Gasteiger partial charge in [-0.2, -0.15) is 4.98 Å². The molecule has 0 amide bonds. The Balaban J connectivity index is 2.56. The van der Waals surface area contributed by atoms with Crippen molar-refractivity contribution in [2.24, 2.45) is 0 Å². The van der Waals surface area contributed by atoms with Crippen molar-refractivity contribution in [3.63, 3.8) is 0 Å². The van der Waals surface area contributed by atoms with E-state index in [9.17, 15) is 4.79 Å². The first-order chi connectivity index (χ1) is 6.65. The number of aromatic nitrogens is 2. The molecule has 4 heteroatoms. The molecule has 2 heterocycles. The molecule has 72 valence electrons. The summed E-state index contributed by atoms with van der Waals surface area (Å²) in [4.78, 5) is 17.5. The van der Waals surface area contributed by atoms with Crippen LogP contribution in [0.4, 0.5) is 0 Å². The molecule has 2 rings (SSSR count). The van der Waals surface area contributed by atoms with Gasteiger partial charge in [-0.3, -0.25) is 0 Å². The van der Waals surface area contributed by atoms with Crippen molar-refractivity contribution in [3.05, 3.63) is 40.1 Å². The SMILES string of the molecule is Cc1cc(-c2ccc(C)o2)nc(=O)[nH]1. The van der Waals surface area contributed by atoms with Gasteiger partial charge in [0, 0.05) is 5.69 Å². The van der Waals surface area contributed by atoms with Crippen LogP contribution in [0.15, 0.2) is 27.4 Å². The van der Waals surface area contributed by atoms with Gasteiger partial charge in [0.25, 0.3) is 0 Å². The van der Waals surface area contributed by atoms with Gasteiger partial charge in [0.05, 0.1) is 0 Å². The first kappa shape index (κ1) is 8.74. The van der Waals surface area contributed by atoms with Crippen LogP contribution in [0.5, 0.6) is 0 Å². The van der Waals surface area contributed by atoms with Crippen molar-refractivity contribution >= 4 is 0 Å². The van der Waals surface area contributed by atoms with E-state index >= 15 is 0 Å². The van der Waals surface area contributed by atoms with Crippen LogP contribution in [0.3, 0.4) is 0 Å². The highest BCUT2D eigenvalue weighted by atomic mass is 16.3. The Morgan fingerprint density at radius 1 is 1.36 bits per heavy atom. The molecule has 0 saturated carbocycles. The third-order valence-corrected chi connectivity index (χ3v) is 1.87. The van der Waals surface area contributed by atoms with E-state index < -0.39 is 0 Å². The second kappa shape index (κ2) is 3.14. The highest BCUT2D eigenvalue weighted by molar-refractivity contribution is 5.51. The average Bonchev–Trinajstić information content (AvgIpc) is 2.50. The van der Waals surface area contributed by atoms with Crippen LogP contribution in [-0.2, 0) is 0 Å². The Labute approximate surface area is 80.6 Å². The number of nitrogens with one attached hydrogen (secondary N) is 1. The van der Waals surface area contributed by atoms with E-state index in [1.54, 1.807) is 12.1 Å². The molecule has 0 atom stereocenters. The van der Waals surface area contributed by atoms with Gasteiger partial charge in [-0.25, -0.2) is 4.79 Å². The normalized spacial score (nSPS) is 10.4. The first-order valence-electron chi connectivity index (χ1n) is 4.30. The summed E-state index contributed by atoms with van der Waals surface area (Å²) in [6.45, 7) is 3.66. The number of hydrogen-bond acceptors (Lipinski definition) is 3. The Morgan fingerprint density at radius 2 is 2.14 bits per heavy atom. The molecule has 1 N–H and O–H groups in total. The van der Waals surface area contributed by atoms with Gasteiger partial charge in [0.15, 0.2) is 5.76 Å². The lowest BCUT2D eigenvalue weighted by atomic mass is 10.3. The third-order valence-electron chi connectivity index (χ3n) is 1.87. The maximum atomic E-state index is 11.1. The van der Waals surface area contributed by atoms with Crippen molar-refractivity contribution in [3.8, 4) is 11.5 Å². The summed E-state index contributed by atoms with van der Waals surface area (Å²) in [7, 11) is 0. The molecule has 2 aromatic heterocycles. The minimum atomic E-state index is -0.353. The minimum Gasteiger partial charge on any atom is -0.460 e. The van der Waals surface area contributed by atoms with Crippen LogP contribution >= 0.6 is 0 Å². The van der Waals surface area contributed by atoms with Crippen LogP contribution in [0.1, 0.15) is 11.5 Å². The summed E-state index contributed by atoms with van der Waals surface area (Å²) in [6.07, 6.45) is 0. The number of aryl methyl sites for hydroxylation is 2. The summed E-state index contributed by atoms with van der Waals surface area (Å²) < 4.78 is 5.36. The molecular weight excluding hydrogens is 180 g/mol. The second-order valence-corrected chi connectivity index (χ2v) is 3.16. The molecule has 0 fully saturated rings. The molecular formula is C10H10N2O2. The Hall–Kier alpha value is -1.84. The zero-order chi connectivity index (χ0) is 10.1. The summed E-state index contributed by atoms with van der Waals surface area (Å²) >= 11 is 0. The van der Waals surface area contributed by atoms with Gasteiger partial charge in [-0.05, 0) is 32.0 Å². The topological polar surface area (TPSA) is 58.9 Å². The van der Waals surface area contributed by atoms with Crippen LogP contribution < -0.4 is 5.69 Å². The Morgan fingerprint density at radius 3 is 2.71 bits per heavy atom.